The van der Waals surface area contributed by atoms with Crippen LogP contribution in [0.2, 0.25) is 0 Å². The topological polar surface area (TPSA) is 108 Å². The van der Waals surface area contributed by atoms with Crippen LogP contribution < -0.4 is 14.4 Å². The second-order valence-corrected chi connectivity index (χ2v) is 10.3. The summed E-state index contributed by atoms with van der Waals surface area (Å²) in [6.45, 7) is 5.01. The molecule has 0 saturated heterocycles. The van der Waals surface area contributed by atoms with E-state index in [0.717, 1.165) is 55.4 Å². The Bertz CT molecular complexity index is 1460. The number of amides is 2. The standard InChI is InChI=1S/C36H37NO8/c1-2-42-24-7-8-25-43-31-20-14-29(15-21-31)36(41)45-32-18-10-27(11-19-32)9-5-3-4-6-26-44-35(40)28-12-16-30(17-13-28)37-33(38)22-23-34(37)39/h2,10-23H,1,3-9,24-26H2. The average molecular weight is 612 g/mol. The van der Waals surface area contributed by atoms with Gasteiger partial charge in [-0.25, -0.2) is 14.5 Å². The molecule has 0 atom stereocenters. The number of hydrogen-bond acceptors (Lipinski definition) is 8. The van der Waals surface area contributed by atoms with E-state index in [9.17, 15) is 19.2 Å². The first-order chi connectivity index (χ1) is 21.9. The van der Waals surface area contributed by atoms with Gasteiger partial charge in [0.25, 0.3) is 11.8 Å². The van der Waals surface area contributed by atoms with Crippen LogP contribution in [0.15, 0.2) is 97.8 Å². The van der Waals surface area contributed by atoms with Gasteiger partial charge in [-0.05, 0) is 98.3 Å². The molecule has 9 nitrogen and oxygen atoms in total. The molecule has 9 heteroatoms. The van der Waals surface area contributed by atoms with Gasteiger partial charge in [-0.2, -0.15) is 0 Å². The number of carbonyl (C=O) groups is 4. The van der Waals surface area contributed by atoms with Crippen molar-refractivity contribution < 1.29 is 38.1 Å². The van der Waals surface area contributed by atoms with Crippen LogP contribution in [-0.4, -0.2) is 43.6 Å². The fourth-order valence-electron chi connectivity index (χ4n) is 4.57. The van der Waals surface area contributed by atoms with Crippen LogP contribution in [0.5, 0.6) is 11.5 Å². The van der Waals surface area contributed by atoms with Crippen LogP contribution in [0.3, 0.4) is 0 Å². The van der Waals surface area contributed by atoms with Gasteiger partial charge in [0.15, 0.2) is 0 Å². The van der Waals surface area contributed by atoms with Crippen LogP contribution in [-0.2, 0) is 25.5 Å². The molecule has 0 unspecified atom stereocenters. The first-order valence-electron chi connectivity index (χ1n) is 15.0. The Morgan fingerprint density at radius 3 is 1.91 bits per heavy atom. The minimum atomic E-state index is -0.442. The molecular weight excluding hydrogens is 574 g/mol. The fourth-order valence-corrected chi connectivity index (χ4v) is 4.57. The number of rotatable bonds is 18. The number of ether oxygens (including phenoxy) is 4. The number of aryl methyl sites for hydroxylation is 1. The van der Waals surface area contributed by atoms with Gasteiger partial charge in [-0.15, -0.1) is 0 Å². The lowest BCUT2D eigenvalue weighted by Crippen LogP contribution is -2.29. The van der Waals surface area contributed by atoms with E-state index in [1.165, 1.54) is 18.4 Å². The minimum Gasteiger partial charge on any atom is -0.502 e. The van der Waals surface area contributed by atoms with Crippen LogP contribution in [0.1, 0.15) is 64.8 Å². The average Bonchev–Trinajstić information content (AvgIpc) is 3.40. The van der Waals surface area contributed by atoms with E-state index < -0.39 is 23.8 Å². The monoisotopic (exact) mass is 611 g/mol. The zero-order valence-corrected chi connectivity index (χ0v) is 25.2. The fraction of sp³-hybridized carbons (Fsp3) is 0.278. The van der Waals surface area contributed by atoms with E-state index in [2.05, 4.69) is 6.58 Å². The van der Waals surface area contributed by atoms with Crippen molar-refractivity contribution in [3.63, 3.8) is 0 Å². The molecule has 0 bridgehead atoms. The molecule has 45 heavy (non-hydrogen) atoms. The molecular formula is C36H37NO8. The highest BCUT2D eigenvalue weighted by Gasteiger charge is 2.25. The largest absolute Gasteiger partial charge is 0.502 e. The summed E-state index contributed by atoms with van der Waals surface area (Å²) in [7, 11) is 0. The number of nitrogens with zero attached hydrogens (tertiary/aromatic N) is 1. The Morgan fingerprint density at radius 1 is 0.644 bits per heavy atom. The van der Waals surface area contributed by atoms with Gasteiger partial charge in [-0.1, -0.05) is 31.6 Å². The molecule has 0 spiro atoms. The Balaban J connectivity index is 1.07. The maximum absolute atomic E-state index is 12.5. The highest BCUT2D eigenvalue weighted by molar-refractivity contribution is 6.28. The summed E-state index contributed by atoms with van der Waals surface area (Å²) in [5.41, 5.74) is 2.36. The van der Waals surface area contributed by atoms with Crippen molar-refractivity contribution in [3.8, 4) is 11.5 Å². The Hall–Kier alpha value is -5.18. The number of anilines is 1. The van der Waals surface area contributed by atoms with Crippen LogP contribution >= 0.6 is 0 Å². The summed E-state index contributed by atoms with van der Waals surface area (Å²) < 4.78 is 21.6. The highest BCUT2D eigenvalue weighted by Crippen LogP contribution is 2.21. The van der Waals surface area contributed by atoms with Gasteiger partial charge in [0.05, 0.1) is 42.9 Å². The van der Waals surface area contributed by atoms with Gasteiger partial charge < -0.3 is 18.9 Å². The Kier molecular flexibility index (Phi) is 12.5. The van der Waals surface area contributed by atoms with E-state index >= 15 is 0 Å². The summed E-state index contributed by atoms with van der Waals surface area (Å²) in [6, 6.07) is 20.6. The third-order valence-corrected chi connectivity index (χ3v) is 7.03. The van der Waals surface area contributed by atoms with E-state index in [-0.39, 0.29) is 0 Å². The molecule has 4 rings (SSSR count). The second kappa shape index (κ2) is 17.2. The lowest BCUT2D eigenvalue weighted by atomic mass is 10.1. The van der Waals surface area contributed by atoms with Gasteiger partial charge in [0, 0.05) is 12.2 Å². The SMILES string of the molecule is C=COCCCCOc1ccc(C(=O)Oc2ccc(CCCCCCOC(=O)c3ccc(N4C(=O)C=CC4=O)cc3)cc2)cc1. The van der Waals surface area contributed by atoms with Crippen LogP contribution in [0.25, 0.3) is 0 Å². The first kappa shape index (κ1) is 32.7. The van der Waals surface area contributed by atoms with Gasteiger partial charge in [0.2, 0.25) is 0 Å². The second-order valence-electron chi connectivity index (χ2n) is 10.3. The quantitative estimate of drug-likeness (QED) is 0.0520. The normalized spacial score (nSPS) is 12.2. The molecule has 2 amide bonds. The van der Waals surface area contributed by atoms with E-state index in [4.69, 9.17) is 18.9 Å². The Morgan fingerprint density at radius 2 is 1.22 bits per heavy atom. The molecule has 1 aliphatic rings. The summed E-state index contributed by atoms with van der Waals surface area (Å²) in [5, 5.41) is 0. The van der Waals surface area contributed by atoms with Gasteiger partial charge in [-0.3, -0.25) is 9.59 Å². The molecule has 0 aliphatic carbocycles. The summed E-state index contributed by atoms with van der Waals surface area (Å²) in [5.74, 6) is -0.507. The molecule has 3 aromatic rings. The van der Waals surface area contributed by atoms with Crippen LogP contribution in [0.4, 0.5) is 5.69 Å². The third-order valence-electron chi connectivity index (χ3n) is 7.03. The van der Waals surface area contributed by atoms with Crippen LogP contribution in [0, 0.1) is 0 Å². The van der Waals surface area contributed by atoms with E-state index in [0.29, 0.717) is 48.1 Å². The smallest absolute Gasteiger partial charge is 0.343 e. The van der Waals surface area contributed by atoms with Crippen molar-refractivity contribution in [1.82, 2.24) is 0 Å². The first-order valence-corrected chi connectivity index (χ1v) is 15.0. The molecule has 0 fully saturated rings. The number of benzene rings is 3. The Labute approximate surface area is 263 Å². The lowest BCUT2D eigenvalue weighted by molar-refractivity contribution is -0.120. The lowest BCUT2D eigenvalue weighted by Gasteiger charge is -2.14. The minimum absolute atomic E-state index is 0.315. The predicted molar refractivity (Wildman–Crippen MR) is 169 cm³/mol. The molecule has 3 aromatic carbocycles. The van der Waals surface area contributed by atoms with Crippen molar-refractivity contribution in [3.05, 3.63) is 114 Å². The molecule has 0 saturated carbocycles. The zero-order chi connectivity index (χ0) is 31.9. The number of carbonyl (C=O) groups excluding carboxylic acids is 4. The summed E-state index contributed by atoms with van der Waals surface area (Å²) in [6.07, 6.45) is 10.1. The van der Waals surface area contributed by atoms with Crippen molar-refractivity contribution >= 4 is 29.4 Å². The van der Waals surface area contributed by atoms with Gasteiger partial charge in [0.1, 0.15) is 11.5 Å². The summed E-state index contributed by atoms with van der Waals surface area (Å²) in [4.78, 5) is 49.5. The molecule has 234 valence electrons. The number of imide groups is 1. The number of esters is 2. The van der Waals surface area contributed by atoms with Crippen molar-refractivity contribution in [2.24, 2.45) is 0 Å². The summed E-state index contributed by atoms with van der Waals surface area (Å²) >= 11 is 0. The predicted octanol–water partition coefficient (Wildman–Crippen LogP) is 6.61. The highest BCUT2D eigenvalue weighted by atomic mass is 16.5. The molecule has 0 aromatic heterocycles. The van der Waals surface area contributed by atoms with Crippen molar-refractivity contribution in [2.45, 2.75) is 44.9 Å². The van der Waals surface area contributed by atoms with Crippen molar-refractivity contribution in [1.29, 1.82) is 0 Å². The maximum atomic E-state index is 12.5. The van der Waals surface area contributed by atoms with Crippen molar-refractivity contribution in [2.75, 3.05) is 24.7 Å². The van der Waals surface area contributed by atoms with E-state index in [1.54, 1.807) is 60.7 Å². The third kappa shape index (κ3) is 10.2. The maximum Gasteiger partial charge on any atom is 0.343 e. The zero-order valence-electron chi connectivity index (χ0n) is 25.2. The van der Waals surface area contributed by atoms with Gasteiger partial charge >= 0.3 is 11.9 Å². The van der Waals surface area contributed by atoms with E-state index in [1.807, 2.05) is 12.1 Å². The molecule has 0 N–H and O–H groups in total. The number of unbranched alkanes of at least 4 members (excludes halogenated alkanes) is 4. The molecule has 0 radical (unpaired) electrons. The number of hydrogen-bond donors (Lipinski definition) is 0. The molecule has 1 aliphatic heterocycles. The molecule has 1 heterocycles.